The van der Waals surface area contributed by atoms with Gasteiger partial charge < -0.3 is 15.8 Å². The summed E-state index contributed by atoms with van der Waals surface area (Å²) in [5.74, 6) is -1.73. The highest BCUT2D eigenvalue weighted by Gasteiger charge is 2.21. The van der Waals surface area contributed by atoms with E-state index in [1.807, 2.05) is 0 Å². The van der Waals surface area contributed by atoms with Gasteiger partial charge in [-0.05, 0) is 30.0 Å². The first-order chi connectivity index (χ1) is 11.4. The Morgan fingerprint density at radius 2 is 1.83 bits per heavy atom. The van der Waals surface area contributed by atoms with Crippen molar-refractivity contribution in [1.82, 2.24) is 5.32 Å². The van der Waals surface area contributed by atoms with Crippen LogP contribution in [-0.4, -0.2) is 24.6 Å². The molecule has 3 N–H and O–H groups in total. The zero-order valence-electron chi connectivity index (χ0n) is 13.4. The van der Waals surface area contributed by atoms with E-state index in [0.29, 0.717) is 5.92 Å². The lowest BCUT2D eigenvalue weighted by atomic mass is 10.1. The quantitative estimate of drug-likeness (QED) is 0.801. The predicted octanol–water partition coefficient (Wildman–Crippen LogP) is 2.67. The van der Waals surface area contributed by atoms with Gasteiger partial charge in [0.1, 0.15) is 17.7 Å². The molecule has 1 fully saturated rings. The van der Waals surface area contributed by atoms with Crippen LogP contribution in [0, 0.1) is 17.6 Å². The van der Waals surface area contributed by atoms with E-state index in [4.69, 9.17) is 10.5 Å². The van der Waals surface area contributed by atoms with Crippen molar-refractivity contribution in [3.63, 3.8) is 0 Å². The van der Waals surface area contributed by atoms with Gasteiger partial charge in [0.25, 0.3) is 0 Å². The lowest BCUT2D eigenvalue weighted by molar-refractivity contribution is -0.119. The van der Waals surface area contributed by atoms with Crippen LogP contribution in [0.4, 0.5) is 13.6 Å². The fourth-order valence-electron chi connectivity index (χ4n) is 2.99. The van der Waals surface area contributed by atoms with Gasteiger partial charge >= 0.3 is 6.09 Å². The topological polar surface area (TPSA) is 81.4 Å². The first kappa shape index (κ1) is 18.2. The molecule has 1 aliphatic carbocycles. The van der Waals surface area contributed by atoms with Gasteiger partial charge in [0.05, 0.1) is 6.61 Å². The first-order valence-corrected chi connectivity index (χ1v) is 8.11. The van der Waals surface area contributed by atoms with Crippen molar-refractivity contribution in [1.29, 1.82) is 0 Å². The molecule has 1 unspecified atom stereocenters. The molecule has 5 nitrogen and oxygen atoms in total. The van der Waals surface area contributed by atoms with Crippen LogP contribution in [-0.2, 0) is 16.0 Å². The normalized spacial score (nSPS) is 15.9. The summed E-state index contributed by atoms with van der Waals surface area (Å²) in [5.41, 5.74) is 5.47. The number of alkyl carbamates (subject to hydrolysis) is 1. The maximum Gasteiger partial charge on any atom is 0.407 e. The van der Waals surface area contributed by atoms with E-state index in [1.165, 1.54) is 12.8 Å². The van der Waals surface area contributed by atoms with E-state index >= 15 is 0 Å². The fraction of sp³-hybridized carbons (Fsp3) is 0.529. The van der Waals surface area contributed by atoms with E-state index in [9.17, 15) is 18.4 Å². The van der Waals surface area contributed by atoms with Gasteiger partial charge in [0.2, 0.25) is 5.91 Å². The minimum Gasteiger partial charge on any atom is -0.450 e. The summed E-state index contributed by atoms with van der Waals surface area (Å²) in [6, 6.07) is 1.82. The maximum atomic E-state index is 13.2. The molecule has 1 saturated carbocycles. The molecule has 0 bridgehead atoms. The molecule has 0 saturated heterocycles. The van der Waals surface area contributed by atoms with Crippen LogP contribution in [0.15, 0.2) is 18.2 Å². The van der Waals surface area contributed by atoms with Gasteiger partial charge in [0, 0.05) is 12.5 Å². The number of carbonyl (C=O) groups excluding carboxylic acids is 2. The lowest BCUT2D eigenvalue weighted by Gasteiger charge is -2.16. The second-order valence-electron chi connectivity index (χ2n) is 6.16. The summed E-state index contributed by atoms with van der Waals surface area (Å²) in [4.78, 5) is 23.2. The molecule has 132 valence electrons. The molecule has 1 aliphatic rings. The molecule has 1 atom stereocenters. The van der Waals surface area contributed by atoms with Gasteiger partial charge in [-0.15, -0.1) is 0 Å². The van der Waals surface area contributed by atoms with Crippen LogP contribution >= 0.6 is 0 Å². The number of hydrogen-bond acceptors (Lipinski definition) is 3. The molecule has 0 radical (unpaired) electrons. The van der Waals surface area contributed by atoms with Gasteiger partial charge in [0.15, 0.2) is 0 Å². The third-order valence-electron chi connectivity index (χ3n) is 4.23. The maximum absolute atomic E-state index is 13.2. The van der Waals surface area contributed by atoms with E-state index in [0.717, 1.165) is 37.5 Å². The molecular weight excluding hydrogens is 318 g/mol. The highest BCUT2D eigenvalue weighted by Crippen LogP contribution is 2.27. The number of halogens is 2. The number of carbonyl (C=O) groups is 2. The van der Waals surface area contributed by atoms with Crippen molar-refractivity contribution in [3.8, 4) is 0 Å². The second kappa shape index (κ2) is 8.61. The summed E-state index contributed by atoms with van der Waals surface area (Å²) >= 11 is 0. The summed E-state index contributed by atoms with van der Waals surface area (Å²) < 4.78 is 31.4. The Kier molecular flexibility index (Phi) is 6.52. The van der Waals surface area contributed by atoms with Crippen LogP contribution in [0.2, 0.25) is 0 Å². The monoisotopic (exact) mass is 340 g/mol. The molecule has 0 aliphatic heterocycles. The molecule has 0 spiro atoms. The zero-order valence-corrected chi connectivity index (χ0v) is 13.4. The Balaban J connectivity index is 1.83. The van der Waals surface area contributed by atoms with Gasteiger partial charge in [-0.3, -0.25) is 4.79 Å². The molecule has 0 aromatic heterocycles. The molecule has 0 heterocycles. The predicted molar refractivity (Wildman–Crippen MR) is 84.1 cm³/mol. The number of benzene rings is 1. The third-order valence-corrected chi connectivity index (χ3v) is 4.23. The molecule has 1 aromatic rings. The van der Waals surface area contributed by atoms with Crippen molar-refractivity contribution in [2.75, 3.05) is 6.61 Å². The Morgan fingerprint density at radius 3 is 2.42 bits per heavy atom. The average molecular weight is 340 g/mol. The van der Waals surface area contributed by atoms with Crippen molar-refractivity contribution in [3.05, 3.63) is 35.4 Å². The largest absolute Gasteiger partial charge is 0.450 e. The first-order valence-electron chi connectivity index (χ1n) is 8.11. The number of hydrogen-bond donors (Lipinski definition) is 2. The molecule has 1 aromatic carbocycles. The number of nitrogens with one attached hydrogen (secondary N) is 1. The highest BCUT2D eigenvalue weighted by molar-refractivity contribution is 5.84. The summed E-state index contributed by atoms with van der Waals surface area (Å²) in [6.07, 6.45) is 4.66. The number of rotatable bonds is 7. The van der Waals surface area contributed by atoms with E-state index in [1.54, 1.807) is 0 Å². The Morgan fingerprint density at radius 1 is 1.21 bits per heavy atom. The van der Waals surface area contributed by atoms with Crippen molar-refractivity contribution < 1.29 is 23.1 Å². The highest BCUT2D eigenvalue weighted by atomic mass is 19.1. The molecule has 2 amide bonds. The molecular formula is C17H22F2N2O3. The van der Waals surface area contributed by atoms with E-state index in [2.05, 4.69) is 5.32 Å². The summed E-state index contributed by atoms with van der Waals surface area (Å²) in [7, 11) is 0. The van der Waals surface area contributed by atoms with Crippen molar-refractivity contribution >= 4 is 12.0 Å². The second-order valence-corrected chi connectivity index (χ2v) is 6.16. The van der Waals surface area contributed by atoms with Crippen LogP contribution in [0.1, 0.15) is 37.7 Å². The van der Waals surface area contributed by atoms with Crippen LogP contribution < -0.4 is 11.1 Å². The van der Waals surface area contributed by atoms with E-state index in [-0.39, 0.29) is 18.6 Å². The zero-order chi connectivity index (χ0) is 17.5. The number of amides is 2. The molecule has 7 heteroatoms. The Bertz CT molecular complexity index is 569. The van der Waals surface area contributed by atoms with Crippen LogP contribution in [0.5, 0.6) is 0 Å². The SMILES string of the molecule is NC(=O)C(Cc1cc(F)cc(F)c1)NC(=O)OCCC1CCCC1. The van der Waals surface area contributed by atoms with E-state index < -0.39 is 29.7 Å². The van der Waals surface area contributed by atoms with Crippen LogP contribution in [0.3, 0.4) is 0 Å². The number of nitrogens with two attached hydrogens (primary N) is 1. The average Bonchev–Trinajstić information content (AvgIpc) is 2.98. The summed E-state index contributed by atoms with van der Waals surface area (Å²) in [5, 5.41) is 2.35. The fourth-order valence-corrected chi connectivity index (χ4v) is 2.99. The molecule has 24 heavy (non-hydrogen) atoms. The van der Waals surface area contributed by atoms with Gasteiger partial charge in [-0.1, -0.05) is 25.7 Å². The van der Waals surface area contributed by atoms with Crippen LogP contribution in [0.25, 0.3) is 0 Å². The summed E-state index contributed by atoms with van der Waals surface area (Å²) in [6.45, 7) is 0.274. The number of primary amides is 1. The van der Waals surface area contributed by atoms with Crippen molar-refractivity contribution in [2.45, 2.75) is 44.6 Å². The van der Waals surface area contributed by atoms with Gasteiger partial charge in [-0.25, -0.2) is 13.6 Å². The standard InChI is InChI=1S/C17H22F2N2O3/c18-13-7-12(8-14(19)10-13)9-15(16(20)22)21-17(23)24-6-5-11-3-1-2-4-11/h7-8,10-11,15H,1-6,9H2,(H2,20,22)(H,21,23). The lowest BCUT2D eigenvalue weighted by Crippen LogP contribution is -2.46. The Labute approximate surface area is 139 Å². The third kappa shape index (κ3) is 5.79. The van der Waals surface area contributed by atoms with Gasteiger partial charge in [-0.2, -0.15) is 0 Å². The minimum atomic E-state index is -1.09. The minimum absolute atomic E-state index is 0.109. The van der Waals surface area contributed by atoms with Crippen molar-refractivity contribution in [2.24, 2.45) is 11.7 Å². The Hall–Kier alpha value is -2.18. The number of ether oxygens (including phenoxy) is 1. The smallest absolute Gasteiger partial charge is 0.407 e. The molecule has 2 rings (SSSR count).